The first-order valence-corrected chi connectivity index (χ1v) is 4.48. The quantitative estimate of drug-likeness (QED) is 0.515. The number of rotatable bonds is 0. The van der Waals surface area contributed by atoms with E-state index in [2.05, 4.69) is 0 Å². The molecule has 2 heterocycles. The minimum absolute atomic E-state index is 0.151. The fourth-order valence-electron chi connectivity index (χ4n) is 2.59. The van der Waals surface area contributed by atoms with Gasteiger partial charge >= 0.3 is 0 Å². The first-order chi connectivity index (χ1) is 5.62. The van der Waals surface area contributed by atoms with Gasteiger partial charge in [-0.3, -0.25) is 5.73 Å². The highest BCUT2D eigenvalue weighted by Crippen LogP contribution is 2.63. The van der Waals surface area contributed by atoms with Crippen LogP contribution < -0.4 is 11.5 Å². The van der Waals surface area contributed by atoms with Crippen LogP contribution in [0.5, 0.6) is 0 Å². The lowest BCUT2D eigenvalue weighted by Crippen LogP contribution is -2.63. The molecule has 0 unspecified atom stereocenters. The smallest absolute Gasteiger partial charge is 0.244 e. The van der Waals surface area contributed by atoms with Crippen LogP contribution in [-0.2, 0) is 9.47 Å². The summed E-state index contributed by atoms with van der Waals surface area (Å²) in [4.78, 5) is 0. The molecule has 3 rings (SSSR count). The van der Waals surface area contributed by atoms with Gasteiger partial charge in [-0.15, -0.1) is 0 Å². The van der Waals surface area contributed by atoms with E-state index in [-0.39, 0.29) is 5.41 Å². The molecule has 1 aliphatic carbocycles. The van der Waals surface area contributed by atoms with Crippen molar-refractivity contribution in [3.63, 3.8) is 0 Å². The van der Waals surface area contributed by atoms with Crippen molar-refractivity contribution in [1.82, 2.24) is 0 Å². The molecule has 0 bridgehead atoms. The van der Waals surface area contributed by atoms with Crippen molar-refractivity contribution in [2.45, 2.75) is 30.7 Å². The first kappa shape index (κ1) is 7.26. The number of hydrogen-bond donors (Lipinski definition) is 2. The van der Waals surface area contributed by atoms with Crippen LogP contribution in [-0.4, -0.2) is 24.7 Å². The molecular formula is C8H14N2O2. The van der Waals surface area contributed by atoms with E-state index >= 15 is 0 Å². The molecule has 3 fully saturated rings. The van der Waals surface area contributed by atoms with Crippen LogP contribution in [0.1, 0.15) is 19.3 Å². The van der Waals surface area contributed by atoms with Gasteiger partial charge in [0.05, 0.1) is 18.8 Å². The third-order valence-electron chi connectivity index (χ3n) is 3.80. The van der Waals surface area contributed by atoms with Crippen LogP contribution >= 0.6 is 0 Å². The van der Waals surface area contributed by atoms with E-state index in [1.54, 1.807) is 0 Å². The zero-order valence-electron chi connectivity index (χ0n) is 7.01. The van der Waals surface area contributed by atoms with E-state index in [9.17, 15) is 0 Å². The Hall–Kier alpha value is -0.160. The second-order valence-electron chi connectivity index (χ2n) is 4.31. The van der Waals surface area contributed by atoms with Gasteiger partial charge < -0.3 is 15.2 Å². The van der Waals surface area contributed by atoms with E-state index in [1.807, 2.05) is 0 Å². The zero-order valence-corrected chi connectivity index (χ0v) is 7.01. The summed E-state index contributed by atoms with van der Waals surface area (Å²) >= 11 is 0. The second-order valence-corrected chi connectivity index (χ2v) is 4.31. The highest BCUT2D eigenvalue weighted by atomic mass is 16.7. The Morgan fingerprint density at radius 1 is 1.00 bits per heavy atom. The molecular weight excluding hydrogens is 156 g/mol. The molecule has 0 aromatic heterocycles. The molecule has 12 heavy (non-hydrogen) atoms. The molecule has 2 aliphatic heterocycles. The molecule has 4 heteroatoms. The zero-order chi connectivity index (χ0) is 8.45. The maximum atomic E-state index is 6.26. The molecule has 4 nitrogen and oxygen atoms in total. The molecule has 0 radical (unpaired) electrons. The third kappa shape index (κ3) is 0.537. The van der Waals surface area contributed by atoms with Crippen LogP contribution in [0.3, 0.4) is 0 Å². The van der Waals surface area contributed by atoms with Gasteiger partial charge in [0.25, 0.3) is 0 Å². The standard InChI is InChI=1S/C8H14N2O2/c9-7-3-4-11-8(7,10)12-5-6(7)1-2-6/h1-5,9-10H2/t7-,8+/m1/s1. The normalized spacial score (nSPS) is 54.5. The molecule has 0 amide bonds. The highest BCUT2D eigenvalue weighted by Gasteiger charge is 2.74. The van der Waals surface area contributed by atoms with Crippen LogP contribution in [0.2, 0.25) is 0 Å². The Kier molecular flexibility index (Phi) is 1.03. The van der Waals surface area contributed by atoms with E-state index in [0.717, 1.165) is 19.3 Å². The molecule has 4 N–H and O–H groups in total. The van der Waals surface area contributed by atoms with E-state index in [0.29, 0.717) is 13.2 Å². The predicted octanol–water partition coefficient (Wildman–Crippen LogP) is -0.473. The predicted molar refractivity (Wildman–Crippen MR) is 42.0 cm³/mol. The molecule has 68 valence electrons. The Morgan fingerprint density at radius 3 is 2.42 bits per heavy atom. The van der Waals surface area contributed by atoms with E-state index < -0.39 is 11.4 Å². The summed E-state index contributed by atoms with van der Waals surface area (Å²) in [6.45, 7) is 1.31. The summed E-state index contributed by atoms with van der Waals surface area (Å²) in [7, 11) is 0. The van der Waals surface area contributed by atoms with Crippen molar-refractivity contribution >= 4 is 0 Å². The maximum absolute atomic E-state index is 6.26. The maximum Gasteiger partial charge on any atom is 0.244 e. The van der Waals surface area contributed by atoms with Crippen molar-refractivity contribution < 1.29 is 9.47 Å². The van der Waals surface area contributed by atoms with Crippen molar-refractivity contribution in [2.75, 3.05) is 13.2 Å². The summed E-state index contributed by atoms with van der Waals surface area (Å²) in [6, 6.07) is 0. The summed E-state index contributed by atoms with van der Waals surface area (Å²) in [6.07, 6.45) is 3.13. The molecule has 2 atom stereocenters. The molecule has 1 spiro atoms. The molecule has 0 aromatic carbocycles. The van der Waals surface area contributed by atoms with Gasteiger partial charge in [-0.2, -0.15) is 0 Å². The lowest BCUT2D eigenvalue weighted by atomic mass is 9.80. The number of nitrogens with two attached hydrogens (primary N) is 2. The molecule has 1 saturated carbocycles. The summed E-state index contributed by atoms with van der Waals surface area (Å²) in [5, 5.41) is 0. The third-order valence-corrected chi connectivity index (χ3v) is 3.80. The summed E-state index contributed by atoms with van der Waals surface area (Å²) < 4.78 is 10.8. The summed E-state index contributed by atoms with van der Waals surface area (Å²) in [5.41, 5.74) is 11.9. The molecule has 2 saturated heterocycles. The van der Waals surface area contributed by atoms with Crippen molar-refractivity contribution in [2.24, 2.45) is 16.9 Å². The Balaban J connectivity index is 2.07. The number of ether oxygens (including phenoxy) is 2. The average molecular weight is 170 g/mol. The van der Waals surface area contributed by atoms with Gasteiger partial charge in [-0.25, -0.2) is 0 Å². The van der Waals surface area contributed by atoms with Crippen LogP contribution in [0.15, 0.2) is 0 Å². The topological polar surface area (TPSA) is 70.5 Å². The van der Waals surface area contributed by atoms with Gasteiger partial charge in [-0.05, 0) is 19.3 Å². The monoisotopic (exact) mass is 170 g/mol. The van der Waals surface area contributed by atoms with Gasteiger partial charge in [0.15, 0.2) is 0 Å². The second kappa shape index (κ2) is 1.70. The van der Waals surface area contributed by atoms with Crippen LogP contribution in [0.25, 0.3) is 0 Å². The lowest BCUT2D eigenvalue weighted by molar-refractivity contribution is -0.195. The molecule has 0 aromatic rings. The van der Waals surface area contributed by atoms with Gasteiger partial charge in [0.1, 0.15) is 0 Å². The summed E-state index contributed by atoms with van der Waals surface area (Å²) in [5.74, 6) is -0.983. The van der Waals surface area contributed by atoms with Gasteiger partial charge in [0.2, 0.25) is 5.91 Å². The first-order valence-electron chi connectivity index (χ1n) is 4.48. The Bertz CT molecular complexity index is 241. The SMILES string of the molecule is N[C@]12OCC[C@@]1(N)C1(CC1)CO2. The largest absolute Gasteiger partial charge is 0.336 e. The van der Waals surface area contributed by atoms with E-state index in [4.69, 9.17) is 20.9 Å². The fraction of sp³-hybridized carbons (Fsp3) is 1.00. The van der Waals surface area contributed by atoms with Crippen LogP contribution in [0.4, 0.5) is 0 Å². The van der Waals surface area contributed by atoms with Gasteiger partial charge in [0, 0.05) is 5.41 Å². The van der Waals surface area contributed by atoms with Crippen molar-refractivity contribution in [3.8, 4) is 0 Å². The molecule has 3 aliphatic rings. The van der Waals surface area contributed by atoms with Crippen molar-refractivity contribution in [1.29, 1.82) is 0 Å². The van der Waals surface area contributed by atoms with Crippen LogP contribution in [0, 0.1) is 5.41 Å². The van der Waals surface area contributed by atoms with Crippen molar-refractivity contribution in [3.05, 3.63) is 0 Å². The lowest BCUT2D eigenvalue weighted by Gasteiger charge is -2.33. The Labute approximate surface area is 71.2 Å². The highest BCUT2D eigenvalue weighted by molar-refractivity contribution is 5.21. The number of hydrogen-bond acceptors (Lipinski definition) is 4. The van der Waals surface area contributed by atoms with E-state index in [1.165, 1.54) is 0 Å². The Morgan fingerprint density at radius 2 is 1.75 bits per heavy atom. The minimum atomic E-state index is -0.983. The minimum Gasteiger partial charge on any atom is -0.336 e. The number of fused-ring (bicyclic) bond motifs is 2. The van der Waals surface area contributed by atoms with Gasteiger partial charge in [-0.1, -0.05) is 0 Å². The average Bonchev–Trinajstić information content (AvgIpc) is 2.71. The fourth-order valence-corrected chi connectivity index (χ4v) is 2.59.